The molecule has 0 saturated heterocycles. The van der Waals surface area contributed by atoms with Crippen molar-refractivity contribution in [3.05, 3.63) is 58.7 Å². The van der Waals surface area contributed by atoms with Crippen molar-refractivity contribution in [2.75, 3.05) is 11.1 Å². The zero-order valence-corrected chi connectivity index (χ0v) is 15.9. The monoisotopic (exact) mass is 336 g/mol. The van der Waals surface area contributed by atoms with Crippen molar-refractivity contribution in [3.63, 3.8) is 0 Å². The average molecular weight is 336 g/mol. The van der Waals surface area contributed by atoms with Gasteiger partial charge in [-0.25, -0.2) is 0 Å². The predicted octanol–water partition coefficient (Wildman–Crippen LogP) is 5.18. The number of benzene rings is 2. The minimum atomic E-state index is -0.125. The molecule has 0 radical (unpaired) electrons. The highest BCUT2D eigenvalue weighted by molar-refractivity contribution is 6.05. The highest BCUT2D eigenvalue weighted by Gasteiger charge is 2.37. The van der Waals surface area contributed by atoms with E-state index in [2.05, 4.69) is 45.1 Å². The molecule has 0 spiro atoms. The third-order valence-electron chi connectivity index (χ3n) is 5.58. The van der Waals surface area contributed by atoms with E-state index >= 15 is 0 Å². The first-order valence-corrected chi connectivity index (χ1v) is 8.93. The first-order valence-electron chi connectivity index (χ1n) is 8.93. The second kappa shape index (κ2) is 5.91. The fourth-order valence-electron chi connectivity index (χ4n) is 3.64. The van der Waals surface area contributed by atoms with Crippen LogP contribution in [0.3, 0.4) is 0 Å². The van der Waals surface area contributed by atoms with Crippen molar-refractivity contribution in [1.82, 2.24) is 0 Å². The van der Waals surface area contributed by atoms with Gasteiger partial charge in [0.05, 0.1) is 11.4 Å². The van der Waals surface area contributed by atoms with Gasteiger partial charge in [0.2, 0.25) is 0 Å². The van der Waals surface area contributed by atoms with Gasteiger partial charge in [-0.15, -0.1) is 0 Å². The van der Waals surface area contributed by atoms with Gasteiger partial charge < -0.3 is 11.1 Å². The van der Waals surface area contributed by atoms with Crippen molar-refractivity contribution < 1.29 is 4.79 Å². The summed E-state index contributed by atoms with van der Waals surface area (Å²) in [7, 11) is 0. The Morgan fingerprint density at radius 3 is 2.04 bits per heavy atom. The molecule has 1 aliphatic rings. The topological polar surface area (TPSA) is 55.1 Å². The first-order chi connectivity index (χ1) is 11.6. The molecule has 3 rings (SSSR count). The summed E-state index contributed by atoms with van der Waals surface area (Å²) in [6.07, 6.45) is 2.27. The van der Waals surface area contributed by atoms with E-state index in [9.17, 15) is 4.79 Å². The number of amides is 1. The quantitative estimate of drug-likeness (QED) is 0.743. The minimum absolute atomic E-state index is 0.0852. The van der Waals surface area contributed by atoms with E-state index < -0.39 is 0 Å². The van der Waals surface area contributed by atoms with Crippen molar-refractivity contribution >= 4 is 17.3 Å². The first kappa shape index (κ1) is 17.5. The largest absolute Gasteiger partial charge is 0.397 e. The third kappa shape index (κ3) is 3.28. The van der Waals surface area contributed by atoms with Crippen molar-refractivity contribution in [1.29, 1.82) is 0 Å². The van der Waals surface area contributed by atoms with Gasteiger partial charge in [-0.3, -0.25) is 4.79 Å². The maximum absolute atomic E-state index is 12.6. The second-order valence-corrected chi connectivity index (χ2v) is 8.57. The highest BCUT2D eigenvalue weighted by atomic mass is 16.1. The van der Waals surface area contributed by atoms with Crippen LogP contribution in [0.25, 0.3) is 0 Å². The summed E-state index contributed by atoms with van der Waals surface area (Å²) in [6.45, 7) is 11.1. The zero-order valence-electron chi connectivity index (χ0n) is 15.9. The Balaban J connectivity index is 1.98. The van der Waals surface area contributed by atoms with E-state index in [0.29, 0.717) is 16.9 Å². The Kier molecular flexibility index (Phi) is 4.14. The molecule has 132 valence electrons. The molecule has 0 heterocycles. The Labute approximate surface area is 150 Å². The smallest absolute Gasteiger partial charge is 0.255 e. The molecule has 0 saturated carbocycles. The Morgan fingerprint density at radius 2 is 1.48 bits per heavy atom. The SMILES string of the molecule is Cc1ccc(C(=O)Nc2cc3c(cc2N)C(C)(C)CCC3(C)C)cc1. The summed E-state index contributed by atoms with van der Waals surface area (Å²) in [5.74, 6) is -0.125. The van der Waals surface area contributed by atoms with Gasteiger partial charge in [-0.05, 0) is 66.0 Å². The maximum atomic E-state index is 12.6. The summed E-state index contributed by atoms with van der Waals surface area (Å²) >= 11 is 0. The van der Waals surface area contributed by atoms with Crippen LogP contribution in [0.1, 0.15) is 67.6 Å². The lowest BCUT2D eigenvalue weighted by atomic mass is 9.63. The number of carbonyl (C=O) groups is 1. The van der Waals surface area contributed by atoms with Crippen LogP contribution in [-0.2, 0) is 10.8 Å². The number of rotatable bonds is 2. The molecule has 25 heavy (non-hydrogen) atoms. The number of fused-ring (bicyclic) bond motifs is 1. The minimum Gasteiger partial charge on any atom is -0.397 e. The number of aryl methyl sites for hydroxylation is 1. The fourth-order valence-corrected chi connectivity index (χ4v) is 3.64. The number of hydrogen-bond donors (Lipinski definition) is 2. The second-order valence-electron chi connectivity index (χ2n) is 8.57. The molecule has 0 aromatic heterocycles. The lowest BCUT2D eigenvalue weighted by Crippen LogP contribution is -2.34. The van der Waals surface area contributed by atoms with Crippen LogP contribution in [0.4, 0.5) is 11.4 Å². The molecule has 0 aliphatic heterocycles. The summed E-state index contributed by atoms with van der Waals surface area (Å²) in [4.78, 5) is 12.6. The number of nitrogens with two attached hydrogens (primary N) is 1. The molecule has 3 heteroatoms. The molecule has 3 N–H and O–H groups in total. The van der Waals surface area contributed by atoms with Crippen LogP contribution in [0.5, 0.6) is 0 Å². The van der Waals surface area contributed by atoms with Crippen LogP contribution in [0.15, 0.2) is 36.4 Å². The van der Waals surface area contributed by atoms with Crippen LogP contribution >= 0.6 is 0 Å². The van der Waals surface area contributed by atoms with E-state index in [1.165, 1.54) is 11.1 Å². The van der Waals surface area contributed by atoms with Gasteiger partial charge in [0.25, 0.3) is 5.91 Å². The summed E-state index contributed by atoms with van der Waals surface area (Å²) < 4.78 is 0. The van der Waals surface area contributed by atoms with Gasteiger partial charge in [0.15, 0.2) is 0 Å². The number of carbonyl (C=O) groups excluding carboxylic acids is 1. The number of nitrogens with one attached hydrogen (secondary N) is 1. The normalized spacial score (nSPS) is 17.6. The van der Waals surface area contributed by atoms with Crippen molar-refractivity contribution in [2.24, 2.45) is 0 Å². The van der Waals surface area contributed by atoms with E-state index in [4.69, 9.17) is 5.73 Å². The fraction of sp³-hybridized carbons (Fsp3) is 0.409. The van der Waals surface area contributed by atoms with Crippen molar-refractivity contribution in [3.8, 4) is 0 Å². The molecule has 0 unspecified atom stereocenters. The third-order valence-corrected chi connectivity index (χ3v) is 5.58. The molecule has 0 atom stereocenters. The van der Waals surface area contributed by atoms with Crippen LogP contribution in [0.2, 0.25) is 0 Å². The van der Waals surface area contributed by atoms with Gasteiger partial charge in [-0.1, -0.05) is 45.4 Å². The summed E-state index contributed by atoms with van der Waals surface area (Å²) in [5, 5.41) is 3.00. The lowest BCUT2D eigenvalue weighted by molar-refractivity contribution is 0.102. The summed E-state index contributed by atoms with van der Waals surface area (Å²) in [6, 6.07) is 11.7. The zero-order chi connectivity index (χ0) is 18.4. The van der Waals surface area contributed by atoms with E-state index in [0.717, 1.165) is 18.4 Å². The molecule has 0 fully saturated rings. The number of nitrogen functional groups attached to an aromatic ring is 1. The van der Waals surface area contributed by atoms with E-state index in [1.54, 1.807) is 0 Å². The molecule has 1 aliphatic carbocycles. The highest BCUT2D eigenvalue weighted by Crippen LogP contribution is 2.47. The average Bonchev–Trinajstić information content (AvgIpc) is 2.54. The molecular formula is C22H28N2O. The lowest BCUT2D eigenvalue weighted by Gasteiger charge is -2.42. The van der Waals surface area contributed by atoms with Crippen LogP contribution in [-0.4, -0.2) is 5.91 Å². The molecular weight excluding hydrogens is 308 g/mol. The van der Waals surface area contributed by atoms with Crippen LogP contribution in [0, 0.1) is 6.92 Å². The predicted molar refractivity (Wildman–Crippen MR) is 105 cm³/mol. The van der Waals surface area contributed by atoms with Crippen molar-refractivity contribution in [2.45, 2.75) is 58.3 Å². The molecule has 3 nitrogen and oxygen atoms in total. The number of hydrogen-bond acceptors (Lipinski definition) is 2. The van der Waals surface area contributed by atoms with Gasteiger partial charge >= 0.3 is 0 Å². The molecule has 0 bridgehead atoms. The Morgan fingerprint density at radius 1 is 0.960 bits per heavy atom. The van der Waals surface area contributed by atoms with E-state index in [1.807, 2.05) is 31.2 Å². The van der Waals surface area contributed by atoms with Crippen LogP contribution < -0.4 is 11.1 Å². The van der Waals surface area contributed by atoms with Gasteiger partial charge in [-0.2, -0.15) is 0 Å². The Hall–Kier alpha value is -2.29. The number of anilines is 2. The molecule has 2 aromatic rings. The maximum Gasteiger partial charge on any atom is 0.255 e. The van der Waals surface area contributed by atoms with Gasteiger partial charge in [0.1, 0.15) is 0 Å². The summed E-state index contributed by atoms with van der Waals surface area (Å²) in [5.41, 5.74) is 12.2. The Bertz CT molecular complexity index is 817. The standard InChI is InChI=1S/C22H28N2O/c1-14-6-8-15(9-7-14)20(25)24-19-13-17-16(12-18(19)23)21(2,3)10-11-22(17,4)5/h6-9,12-13H,10-11,23H2,1-5H3,(H,24,25). The van der Waals surface area contributed by atoms with Gasteiger partial charge in [0, 0.05) is 5.56 Å². The molecule has 1 amide bonds. The molecule has 2 aromatic carbocycles. The van der Waals surface area contributed by atoms with E-state index in [-0.39, 0.29) is 16.7 Å².